The number of amides is 2. The molecule has 0 spiro atoms. The number of nitrogens with one attached hydrogen (secondary N) is 2. The summed E-state index contributed by atoms with van der Waals surface area (Å²) in [6, 6.07) is 14.5. The summed E-state index contributed by atoms with van der Waals surface area (Å²) in [7, 11) is 0. The molecule has 0 saturated heterocycles. The van der Waals surface area contributed by atoms with Crippen molar-refractivity contribution in [2.75, 3.05) is 36.9 Å². The van der Waals surface area contributed by atoms with Gasteiger partial charge in [0.2, 0.25) is 5.91 Å². The molecule has 2 aromatic rings. The normalized spacial score (nSPS) is 10.5. The first-order valence-electron chi connectivity index (χ1n) is 10.1. The van der Waals surface area contributed by atoms with Crippen molar-refractivity contribution < 1.29 is 14.3 Å². The number of hydrogen-bond acceptors (Lipinski definition) is 4. The quantitative estimate of drug-likeness (QED) is 0.629. The summed E-state index contributed by atoms with van der Waals surface area (Å²) in [5.41, 5.74) is 2.14. The molecule has 0 heterocycles. The second-order valence-corrected chi connectivity index (χ2v) is 7.19. The second kappa shape index (κ2) is 11.1. The fraction of sp³-hybridized carbons (Fsp3) is 0.391. The van der Waals surface area contributed by atoms with Crippen LogP contribution in [0.3, 0.4) is 0 Å². The molecule has 2 rings (SSSR count). The van der Waals surface area contributed by atoms with Crippen molar-refractivity contribution in [1.29, 1.82) is 0 Å². The lowest BCUT2D eigenvalue weighted by Crippen LogP contribution is -2.30. The van der Waals surface area contributed by atoms with Gasteiger partial charge in [-0.05, 0) is 68.3 Å². The highest BCUT2D eigenvalue weighted by atomic mass is 16.5. The van der Waals surface area contributed by atoms with Crippen LogP contribution in [0, 0.1) is 5.92 Å². The van der Waals surface area contributed by atoms with Gasteiger partial charge in [-0.1, -0.05) is 13.8 Å². The van der Waals surface area contributed by atoms with E-state index in [0.29, 0.717) is 36.9 Å². The predicted molar refractivity (Wildman–Crippen MR) is 118 cm³/mol. The fourth-order valence-corrected chi connectivity index (χ4v) is 2.71. The van der Waals surface area contributed by atoms with Gasteiger partial charge in [-0.2, -0.15) is 0 Å². The molecule has 0 aromatic heterocycles. The number of carbonyl (C=O) groups is 2. The van der Waals surface area contributed by atoms with Crippen LogP contribution in [0.2, 0.25) is 0 Å². The van der Waals surface area contributed by atoms with E-state index < -0.39 is 0 Å². The van der Waals surface area contributed by atoms with E-state index in [4.69, 9.17) is 4.74 Å². The van der Waals surface area contributed by atoms with Crippen molar-refractivity contribution in [3.05, 3.63) is 54.1 Å². The average molecular weight is 398 g/mol. The molecule has 0 radical (unpaired) electrons. The molecule has 6 nitrogen and oxygen atoms in total. The van der Waals surface area contributed by atoms with Crippen LogP contribution in [0.5, 0.6) is 5.75 Å². The van der Waals surface area contributed by atoms with E-state index in [-0.39, 0.29) is 18.4 Å². The number of ether oxygens (including phenoxy) is 1. The minimum Gasteiger partial charge on any atom is -0.493 e. The first kappa shape index (κ1) is 22.3. The van der Waals surface area contributed by atoms with Gasteiger partial charge in [-0.25, -0.2) is 0 Å². The van der Waals surface area contributed by atoms with Crippen LogP contribution in [0.15, 0.2) is 48.5 Å². The Morgan fingerprint density at radius 2 is 1.52 bits per heavy atom. The van der Waals surface area contributed by atoms with Gasteiger partial charge in [0.15, 0.2) is 0 Å². The number of rotatable bonds is 10. The van der Waals surface area contributed by atoms with E-state index in [1.165, 1.54) is 0 Å². The van der Waals surface area contributed by atoms with E-state index in [0.717, 1.165) is 11.4 Å². The van der Waals surface area contributed by atoms with Crippen LogP contribution >= 0.6 is 0 Å². The van der Waals surface area contributed by atoms with E-state index in [2.05, 4.69) is 24.5 Å². The lowest BCUT2D eigenvalue weighted by atomic mass is 10.1. The Balaban J connectivity index is 1.82. The molecule has 0 atom stereocenters. The number of anilines is 2. The first-order chi connectivity index (χ1) is 13.9. The summed E-state index contributed by atoms with van der Waals surface area (Å²) in [4.78, 5) is 26.3. The average Bonchev–Trinajstić information content (AvgIpc) is 2.73. The highest BCUT2D eigenvalue weighted by Crippen LogP contribution is 2.17. The van der Waals surface area contributed by atoms with Crippen LogP contribution in [0.25, 0.3) is 0 Å². The second-order valence-electron chi connectivity index (χ2n) is 7.19. The molecule has 2 aromatic carbocycles. The zero-order valence-corrected chi connectivity index (χ0v) is 17.7. The zero-order chi connectivity index (χ0) is 21.2. The Hall–Kier alpha value is -3.02. The minimum absolute atomic E-state index is 0.0140. The summed E-state index contributed by atoms with van der Waals surface area (Å²) < 4.78 is 5.64. The van der Waals surface area contributed by atoms with Gasteiger partial charge in [0, 0.05) is 30.0 Å². The van der Waals surface area contributed by atoms with Gasteiger partial charge in [0.05, 0.1) is 13.2 Å². The summed E-state index contributed by atoms with van der Waals surface area (Å²) >= 11 is 0. The molecular formula is C23H31N3O3. The first-order valence-corrected chi connectivity index (χ1v) is 10.1. The maximum Gasteiger partial charge on any atom is 0.253 e. The number of hydrogen-bond donors (Lipinski definition) is 2. The molecule has 0 saturated carbocycles. The summed E-state index contributed by atoms with van der Waals surface area (Å²) in [6.07, 6.45) is 0. The molecule has 2 amide bonds. The van der Waals surface area contributed by atoms with Crippen molar-refractivity contribution in [2.45, 2.75) is 27.7 Å². The molecule has 6 heteroatoms. The summed E-state index contributed by atoms with van der Waals surface area (Å²) in [5, 5.41) is 5.92. The number of nitrogens with zero attached hydrogens (tertiary/aromatic N) is 1. The Bertz CT molecular complexity index is 782. The van der Waals surface area contributed by atoms with Crippen LogP contribution in [-0.2, 0) is 4.79 Å². The third-order valence-corrected chi connectivity index (χ3v) is 4.36. The van der Waals surface area contributed by atoms with Gasteiger partial charge < -0.3 is 20.3 Å². The molecule has 156 valence electrons. The molecule has 2 N–H and O–H groups in total. The molecule has 0 unspecified atom stereocenters. The molecule has 0 bridgehead atoms. The van der Waals surface area contributed by atoms with Crippen molar-refractivity contribution >= 4 is 23.2 Å². The van der Waals surface area contributed by atoms with E-state index in [1.807, 2.05) is 50.2 Å². The third-order valence-electron chi connectivity index (χ3n) is 4.36. The molecule has 0 aliphatic heterocycles. The van der Waals surface area contributed by atoms with Crippen molar-refractivity contribution in [3.63, 3.8) is 0 Å². The van der Waals surface area contributed by atoms with Gasteiger partial charge in [-0.3, -0.25) is 9.59 Å². The Labute approximate surface area is 173 Å². The van der Waals surface area contributed by atoms with Gasteiger partial charge in [0.1, 0.15) is 5.75 Å². The Kier molecular flexibility index (Phi) is 8.52. The SMILES string of the molecule is CCN(CC)C(=O)c1ccc(NCC(=O)Nc2ccc(OCC(C)C)cc2)cc1. The van der Waals surface area contributed by atoms with Crippen molar-refractivity contribution in [3.8, 4) is 5.75 Å². The number of benzene rings is 2. The van der Waals surface area contributed by atoms with E-state index >= 15 is 0 Å². The van der Waals surface area contributed by atoms with Gasteiger partial charge in [0.25, 0.3) is 5.91 Å². The van der Waals surface area contributed by atoms with Crippen LogP contribution in [0.1, 0.15) is 38.1 Å². The molecule has 0 aliphatic carbocycles. The largest absolute Gasteiger partial charge is 0.493 e. The monoisotopic (exact) mass is 397 g/mol. The molecule has 0 fully saturated rings. The summed E-state index contributed by atoms with van der Waals surface area (Å²) in [5.74, 6) is 1.11. The lowest BCUT2D eigenvalue weighted by molar-refractivity contribution is -0.114. The topological polar surface area (TPSA) is 70.7 Å². The zero-order valence-electron chi connectivity index (χ0n) is 17.7. The molecule has 29 heavy (non-hydrogen) atoms. The predicted octanol–water partition coefficient (Wildman–Crippen LogP) is 4.25. The fourth-order valence-electron chi connectivity index (χ4n) is 2.71. The maximum atomic E-state index is 12.3. The standard InChI is InChI=1S/C23H31N3O3/c1-5-26(6-2)23(28)18-7-9-19(10-8-18)24-15-22(27)25-20-11-13-21(14-12-20)29-16-17(3)4/h7-14,17,24H,5-6,15-16H2,1-4H3,(H,25,27). The maximum absolute atomic E-state index is 12.3. The van der Waals surface area contributed by atoms with Gasteiger partial charge >= 0.3 is 0 Å². The molecular weight excluding hydrogens is 366 g/mol. The van der Waals surface area contributed by atoms with Gasteiger partial charge in [-0.15, -0.1) is 0 Å². The Morgan fingerprint density at radius 3 is 2.07 bits per heavy atom. The highest BCUT2D eigenvalue weighted by Gasteiger charge is 2.12. The van der Waals surface area contributed by atoms with Crippen LogP contribution in [-0.4, -0.2) is 43.0 Å². The molecule has 0 aliphatic rings. The van der Waals surface area contributed by atoms with Crippen molar-refractivity contribution in [2.24, 2.45) is 5.92 Å². The highest BCUT2D eigenvalue weighted by molar-refractivity contribution is 5.95. The van der Waals surface area contributed by atoms with Crippen LogP contribution in [0.4, 0.5) is 11.4 Å². The Morgan fingerprint density at radius 1 is 0.931 bits per heavy atom. The van der Waals surface area contributed by atoms with Crippen molar-refractivity contribution in [1.82, 2.24) is 4.90 Å². The third kappa shape index (κ3) is 7.14. The smallest absolute Gasteiger partial charge is 0.253 e. The van der Waals surface area contributed by atoms with E-state index in [9.17, 15) is 9.59 Å². The summed E-state index contributed by atoms with van der Waals surface area (Å²) in [6.45, 7) is 10.3. The van der Waals surface area contributed by atoms with E-state index in [1.54, 1.807) is 17.0 Å². The van der Waals surface area contributed by atoms with Crippen LogP contribution < -0.4 is 15.4 Å². The lowest BCUT2D eigenvalue weighted by Gasteiger charge is -2.18. The minimum atomic E-state index is -0.149. The number of carbonyl (C=O) groups excluding carboxylic acids is 2.